The Kier molecular flexibility index (Phi) is 4.87. The number of hydrogen-bond acceptors (Lipinski definition) is 4. The number of carbonyl (C=O) groups excluding carboxylic acids is 2. The number of alkyl halides is 3. The third kappa shape index (κ3) is 4.04. The summed E-state index contributed by atoms with van der Waals surface area (Å²) in [6, 6.07) is 7.72. The number of anilines is 3. The molecule has 0 aliphatic carbocycles. The Morgan fingerprint density at radius 2 is 1.77 bits per heavy atom. The van der Waals surface area contributed by atoms with E-state index >= 15 is 0 Å². The lowest BCUT2D eigenvalue weighted by atomic mass is 10.1. The number of amides is 2. The minimum atomic E-state index is -4.56. The van der Waals surface area contributed by atoms with Crippen molar-refractivity contribution in [3.8, 4) is 11.5 Å². The van der Waals surface area contributed by atoms with Crippen LogP contribution in [0.2, 0.25) is 0 Å². The van der Waals surface area contributed by atoms with Crippen LogP contribution in [0.4, 0.5) is 35.0 Å². The lowest BCUT2D eigenvalue weighted by Crippen LogP contribution is -2.35. The Hall–Kier alpha value is -3.23. The van der Waals surface area contributed by atoms with Crippen LogP contribution in [-0.2, 0) is 15.7 Å². The van der Waals surface area contributed by atoms with Gasteiger partial charge in [-0.1, -0.05) is 0 Å². The zero-order chi connectivity index (χ0) is 22.6. The molecule has 0 unspecified atom stereocenters. The molecule has 1 fully saturated rings. The predicted octanol–water partition coefficient (Wildman–Crippen LogP) is 6.01. The summed E-state index contributed by atoms with van der Waals surface area (Å²) in [7, 11) is 0. The second-order valence-corrected chi connectivity index (χ2v) is 8.40. The fourth-order valence-electron chi connectivity index (χ4n) is 3.57. The molecule has 9 heteroatoms. The normalized spacial score (nSPS) is 16.0. The van der Waals surface area contributed by atoms with Crippen molar-refractivity contribution in [3.05, 3.63) is 42.0 Å². The first-order chi connectivity index (χ1) is 14.4. The topological polar surface area (TPSA) is 59.1 Å². The van der Waals surface area contributed by atoms with Crippen LogP contribution in [0, 0.1) is 0 Å². The molecule has 0 aromatic heterocycles. The molecule has 0 spiro atoms. The zero-order valence-corrected chi connectivity index (χ0v) is 17.2. The fourth-order valence-corrected chi connectivity index (χ4v) is 3.57. The van der Waals surface area contributed by atoms with Crippen LogP contribution in [0.5, 0.6) is 11.5 Å². The maximum Gasteiger partial charge on any atom is 0.419 e. The van der Waals surface area contributed by atoms with E-state index in [-0.39, 0.29) is 23.1 Å². The fraction of sp³-hybridized carbons (Fsp3) is 0.364. The molecule has 0 bridgehead atoms. The number of rotatable bonds is 1. The Balaban J connectivity index is 1.82. The summed E-state index contributed by atoms with van der Waals surface area (Å²) in [6.07, 6.45) is -4.16. The van der Waals surface area contributed by atoms with Crippen molar-refractivity contribution in [1.29, 1.82) is 0 Å². The molecule has 164 valence electrons. The van der Waals surface area contributed by atoms with Gasteiger partial charge in [-0.3, -0.25) is 4.79 Å². The van der Waals surface area contributed by atoms with Gasteiger partial charge in [0.2, 0.25) is 5.91 Å². The summed E-state index contributed by atoms with van der Waals surface area (Å²) < 4.78 is 50.8. The standard InChI is InChI=1S/C22H21F3N2O4/c1-21(2,3)31-20(29)27-15-8-6-13(22(23,24)25)11-18(15)30-17-9-7-14(12-16(17)27)26-10-4-5-19(26)28/h6-9,11-12H,4-5,10H2,1-3H3. The molecule has 2 aromatic carbocycles. The summed E-state index contributed by atoms with van der Waals surface area (Å²) in [5.74, 6) is 0.0435. The van der Waals surface area contributed by atoms with Crippen molar-refractivity contribution in [1.82, 2.24) is 0 Å². The number of ether oxygens (including phenoxy) is 2. The molecule has 2 aromatic rings. The van der Waals surface area contributed by atoms with Crippen LogP contribution >= 0.6 is 0 Å². The molecule has 31 heavy (non-hydrogen) atoms. The van der Waals surface area contributed by atoms with Crippen molar-refractivity contribution >= 4 is 29.1 Å². The minimum Gasteiger partial charge on any atom is -0.453 e. The molecule has 0 N–H and O–H groups in total. The van der Waals surface area contributed by atoms with Gasteiger partial charge in [-0.25, -0.2) is 9.69 Å². The van der Waals surface area contributed by atoms with E-state index in [9.17, 15) is 22.8 Å². The summed E-state index contributed by atoms with van der Waals surface area (Å²) in [5, 5.41) is 0. The van der Waals surface area contributed by atoms with Gasteiger partial charge in [0.25, 0.3) is 0 Å². The van der Waals surface area contributed by atoms with Crippen LogP contribution in [-0.4, -0.2) is 24.1 Å². The highest BCUT2D eigenvalue weighted by Gasteiger charge is 2.37. The van der Waals surface area contributed by atoms with Crippen molar-refractivity contribution in [2.75, 3.05) is 16.3 Å². The molecule has 2 heterocycles. The number of benzene rings is 2. The molecular formula is C22H21F3N2O4. The van der Waals surface area contributed by atoms with E-state index < -0.39 is 23.4 Å². The van der Waals surface area contributed by atoms with Crippen LogP contribution in [0.25, 0.3) is 0 Å². The number of hydrogen-bond donors (Lipinski definition) is 0. The summed E-state index contributed by atoms with van der Waals surface area (Å²) in [4.78, 5) is 28.0. The Morgan fingerprint density at radius 1 is 1.03 bits per heavy atom. The van der Waals surface area contributed by atoms with Crippen LogP contribution in [0.3, 0.4) is 0 Å². The molecule has 0 saturated carbocycles. The van der Waals surface area contributed by atoms with Gasteiger partial charge in [-0.05, 0) is 63.6 Å². The molecule has 4 rings (SSSR count). The highest BCUT2D eigenvalue weighted by atomic mass is 19.4. The molecule has 2 aliphatic rings. The van der Waals surface area contributed by atoms with Crippen LogP contribution < -0.4 is 14.5 Å². The van der Waals surface area contributed by atoms with Crippen molar-refractivity contribution in [3.63, 3.8) is 0 Å². The highest BCUT2D eigenvalue weighted by molar-refractivity contribution is 6.03. The molecule has 0 atom stereocenters. The van der Waals surface area contributed by atoms with Crippen LogP contribution in [0.15, 0.2) is 36.4 Å². The smallest absolute Gasteiger partial charge is 0.419 e. The molecule has 2 aliphatic heterocycles. The van der Waals surface area contributed by atoms with Gasteiger partial charge in [0, 0.05) is 18.7 Å². The van der Waals surface area contributed by atoms with E-state index in [1.807, 2.05) is 0 Å². The first-order valence-electron chi connectivity index (χ1n) is 9.81. The maximum absolute atomic E-state index is 13.2. The van der Waals surface area contributed by atoms with Gasteiger partial charge >= 0.3 is 12.3 Å². The average molecular weight is 434 g/mol. The Morgan fingerprint density at radius 3 is 2.39 bits per heavy atom. The SMILES string of the molecule is CC(C)(C)OC(=O)N1c2ccc(C(F)(F)F)cc2Oc2ccc(N3CCCC3=O)cc21. The van der Waals surface area contributed by atoms with Gasteiger partial charge in [-0.2, -0.15) is 13.2 Å². The van der Waals surface area contributed by atoms with Crippen molar-refractivity contribution in [2.24, 2.45) is 0 Å². The molecule has 2 amide bonds. The van der Waals surface area contributed by atoms with E-state index in [4.69, 9.17) is 9.47 Å². The lowest BCUT2D eigenvalue weighted by Gasteiger charge is -2.33. The molecule has 6 nitrogen and oxygen atoms in total. The van der Waals surface area contributed by atoms with E-state index in [2.05, 4.69) is 0 Å². The summed E-state index contributed by atoms with van der Waals surface area (Å²) in [5.41, 5.74) is -0.727. The number of carbonyl (C=O) groups is 2. The second-order valence-electron chi connectivity index (χ2n) is 8.40. The Bertz CT molecular complexity index is 1060. The van der Waals surface area contributed by atoms with E-state index in [0.717, 1.165) is 18.6 Å². The quantitative estimate of drug-likeness (QED) is 0.551. The first kappa shape index (κ1) is 21.0. The third-order valence-electron chi connectivity index (χ3n) is 4.89. The number of fused-ring (bicyclic) bond motifs is 2. The first-order valence-corrected chi connectivity index (χ1v) is 9.81. The maximum atomic E-state index is 13.2. The molecule has 1 saturated heterocycles. The van der Waals surface area contributed by atoms with Crippen molar-refractivity contribution < 1.29 is 32.2 Å². The zero-order valence-electron chi connectivity index (χ0n) is 17.2. The monoisotopic (exact) mass is 434 g/mol. The van der Waals surface area contributed by atoms with Crippen LogP contribution in [0.1, 0.15) is 39.2 Å². The average Bonchev–Trinajstić information content (AvgIpc) is 3.09. The minimum absolute atomic E-state index is 0.0317. The van der Waals surface area contributed by atoms with E-state index in [0.29, 0.717) is 24.3 Å². The van der Waals surface area contributed by atoms with Gasteiger partial charge in [0.1, 0.15) is 5.60 Å². The Labute approximate surface area is 177 Å². The number of halogens is 3. The predicted molar refractivity (Wildman–Crippen MR) is 108 cm³/mol. The largest absolute Gasteiger partial charge is 0.453 e. The van der Waals surface area contributed by atoms with Gasteiger partial charge in [0.05, 0.1) is 16.9 Å². The van der Waals surface area contributed by atoms with Gasteiger partial charge in [0.15, 0.2) is 11.5 Å². The van der Waals surface area contributed by atoms with Gasteiger partial charge < -0.3 is 14.4 Å². The lowest BCUT2D eigenvalue weighted by molar-refractivity contribution is -0.137. The number of nitrogens with zero attached hydrogens (tertiary/aromatic N) is 2. The molecular weight excluding hydrogens is 413 g/mol. The van der Waals surface area contributed by atoms with Gasteiger partial charge in [-0.15, -0.1) is 0 Å². The summed E-state index contributed by atoms with van der Waals surface area (Å²) >= 11 is 0. The second kappa shape index (κ2) is 7.18. The van der Waals surface area contributed by atoms with Crippen molar-refractivity contribution in [2.45, 2.75) is 45.4 Å². The van der Waals surface area contributed by atoms with E-state index in [1.165, 1.54) is 17.0 Å². The molecule has 0 radical (unpaired) electrons. The highest BCUT2D eigenvalue weighted by Crippen LogP contribution is 2.50. The summed E-state index contributed by atoms with van der Waals surface area (Å²) in [6.45, 7) is 5.63. The van der Waals surface area contributed by atoms with E-state index in [1.54, 1.807) is 37.8 Å². The third-order valence-corrected chi connectivity index (χ3v) is 4.89.